The topological polar surface area (TPSA) is 35.5 Å². The first-order chi connectivity index (χ1) is 9.41. The Labute approximate surface area is 116 Å². The van der Waals surface area contributed by atoms with Gasteiger partial charge in [-0.1, -0.05) is 17.7 Å². The maximum absolute atomic E-state index is 12.2. The van der Waals surface area contributed by atoms with Crippen molar-refractivity contribution in [2.45, 2.75) is 19.3 Å². The smallest absolute Gasteiger partial charge is 0.296 e. The zero-order chi connectivity index (χ0) is 16.3. The lowest BCUT2D eigenvalue weighted by molar-refractivity contribution is -0.164. The highest BCUT2D eigenvalue weighted by atomic mass is 31.2. The molecule has 0 bridgehead atoms. The molecule has 21 heavy (non-hydrogen) atoms. The van der Waals surface area contributed by atoms with E-state index < -0.39 is 33.2 Å². The molecule has 0 aromatic heterocycles. The molecule has 0 aliphatic heterocycles. The Bertz CT molecular complexity index is 486. The van der Waals surface area contributed by atoms with Crippen LogP contribution in [0.4, 0.5) is 26.3 Å². The molecule has 0 radical (unpaired) electrons. The van der Waals surface area contributed by atoms with Crippen molar-refractivity contribution in [2.24, 2.45) is 0 Å². The first-order valence-electron chi connectivity index (χ1n) is 5.51. The third-order valence-corrected chi connectivity index (χ3v) is 4.02. The van der Waals surface area contributed by atoms with Crippen LogP contribution >= 0.6 is 7.60 Å². The van der Waals surface area contributed by atoms with Crippen LogP contribution < -0.4 is 5.30 Å². The lowest BCUT2D eigenvalue weighted by Gasteiger charge is -2.20. The molecule has 0 saturated carbocycles. The van der Waals surface area contributed by atoms with E-state index in [1.54, 1.807) is 6.92 Å². The predicted octanol–water partition coefficient (Wildman–Crippen LogP) is 3.97. The van der Waals surface area contributed by atoms with E-state index in [2.05, 4.69) is 9.05 Å². The zero-order valence-electron chi connectivity index (χ0n) is 10.7. The second-order valence-electron chi connectivity index (χ2n) is 4.11. The molecule has 0 heterocycles. The number of hydrogen-bond donors (Lipinski definition) is 0. The predicted molar refractivity (Wildman–Crippen MR) is 62.4 cm³/mol. The van der Waals surface area contributed by atoms with Crippen LogP contribution in [0.25, 0.3) is 0 Å². The second-order valence-corrected chi connectivity index (χ2v) is 6.14. The third kappa shape index (κ3) is 6.50. The van der Waals surface area contributed by atoms with E-state index >= 15 is 0 Å². The average molecular weight is 336 g/mol. The van der Waals surface area contributed by atoms with E-state index in [0.717, 1.165) is 12.1 Å². The number of hydrogen-bond acceptors (Lipinski definition) is 3. The quantitative estimate of drug-likeness (QED) is 0.603. The van der Waals surface area contributed by atoms with Gasteiger partial charge in [-0.2, -0.15) is 26.3 Å². The van der Waals surface area contributed by atoms with Crippen molar-refractivity contribution in [3.63, 3.8) is 0 Å². The fourth-order valence-electron chi connectivity index (χ4n) is 1.23. The van der Waals surface area contributed by atoms with Gasteiger partial charge < -0.3 is 0 Å². The summed E-state index contributed by atoms with van der Waals surface area (Å²) in [6.45, 7) is -2.31. The van der Waals surface area contributed by atoms with Gasteiger partial charge in [-0.05, 0) is 19.1 Å². The van der Waals surface area contributed by atoms with E-state index in [-0.39, 0.29) is 5.30 Å². The summed E-state index contributed by atoms with van der Waals surface area (Å²) in [6.07, 6.45) is -9.69. The van der Waals surface area contributed by atoms with Crippen molar-refractivity contribution >= 4 is 12.9 Å². The van der Waals surface area contributed by atoms with Crippen molar-refractivity contribution in [1.29, 1.82) is 0 Å². The molecule has 0 spiro atoms. The van der Waals surface area contributed by atoms with Crippen LogP contribution in [0.15, 0.2) is 24.3 Å². The van der Waals surface area contributed by atoms with Crippen molar-refractivity contribution in [3.8, 4) is 0 Å². The van der Waals surface area contributed by atoms with Gasteiger partial charge in [-0.25, -0.2) is 0 Å². The molecular formula is C11H11F6O3P. The Hall–Kier alpha value is -1.05. The van der Waals surface area contributed by atoms with Gasteiger partial charge in [0.25, 0.3) is 0 Å². The Morgan fingerprint density at radius 2 is 1.29 bits per heavy atom. The summed E-state index contributed by atoms with van der Waals surface area (Å²) in [5.41, 5.74) is 0.678. The molecule has 0 amide bonds. The summed E-state index contributed by atoms with van der Waals surface area (Å²) in [5, 5.41) is -0.374. The summed E-state index contributed by atoms with van der Waals surface area (Å²) in [5.74, 6) is 0. The zero-order valence-corrected chi connectivity index (χ0v) is 11.6. The highest BCUT2D eigenvalue weighted by Crippen LogP contribution is 2.49. The molecule has 0 aliphatic rings. The summed E-state index contributed by atoms with van der Waals surface area (Å²) in [6, 6.07) is 4.94. The van der Waals surface area contributed by atoms with Crippen LogP contribution in [0, 0.1) is 6.92 Å². The third-order valence-electron chi connectivity index (χ3n) is 2.15. The lowest BCUT2D eigenvalue weighted by atomic mass is 10.2. The number of benzene rings is 1. The molecule has 0 atom stereocenters. The van der Waals surface area contributed by atoms with E-state index in [9.17, 15) is 30.9 Å². The average Bonchev–Trinajstić information content (AvgIpc) is 2.33. The Morgan fingerprint density at radius 1 is 0.905 bits per heavy atom. The Balaban J connectivity index is 2.98. The molecule has 0 fully saturated rings. The number of aryl methyl sites for hydroxylation is 1. The first-order valence-corrected chi connectivity index (χ1v) is 7.05. The van der Waals surface area contributed by atoms with Gasteiger partial charge in [0.15, 0.2) is 13.2 Å². The summed E-state index contributed by atoms with van der Waals surface area (Å²) in [7, 11) is -4.72. The van der Waals surface area contributed by atoms with Crippen molar-refractivity contribution in [2.75, 3.05) is 13.2 Å². The normalized spacial score (nSPS) is 13.5. The van der Waals surface area contributed by atoms with Crippen LogP contribution in [-0.4, -0.2) is 25.6 Å². The fourth-order valence-corrected chi connectivity index (χ4v) is 2.75. The van der Waals surface area contributed by atoms with Crippen LogP contribution in [-0.2, 0) is 13.6 Å². The lowest BCUT2D eigenvalue weighted by Crippen LogP contribution is -2.23. The molecule has 0 aliphatic carbocycles. The van der Waals surface area contributed by atoms with Gasteiger partial charge in [-0.3, -0.25) is 13.6 Å². The SMILES string of the molecule is Cc1ccc(P(=O)(OCC(F)(F)F)OCC(F)(F)F)cc1. The van der Waals surface area contributed by atoms with Gasteiger partial charge in [0.05, 0.1) is 5.30 Å². The molecule has 1 aromatic rings. The van der Waals surface area contributed by atoms with Crippen molar-refractivity contribution in [1.82, 2.24) is 0 Å². The first kappa shape index (κ1) is 18.0. The Morgan fingerprint density at radius 3 is 1.62 bits per heavy atom. The number of rotatable bonds is 5. The van der Waals surface area contributed by atoms with Crippen molar-refractivity contribution < 1.29 is 40.0 Å². The Kier molecular flexibility index (Phi) is 5.46. The van der Waals surface area contributed by atoms with E-state index in [1.807, 2.05) is 0 Å². The molecular weight excluding hydrogens is 325 g/mol. The van der Waals surface area contributed by atoms with Crippen molar-refractivity contribution in [3.05, 3.63) is 29.8 Å². The van der Waals surface area contributed by atoms with Gasteiger partial charge in [0, 0.05) is 0 Å². The number of halogens is 6. The molecule has 1 aromatic carbocycles. The standard InChI is InChI=1S/C11H11F6O3P/c1-8-2-4-9(5-3-8)21(18,19-6-10(12,13)14)20-7-11(15,16)17/h2-5H,6-7H2,1H3. The molecule has 3 nitrogen and oxygen atoms in total. The molecule has 0 N–H and O–H groups in total. The minimum absolute atomic E-state index is 0.374. The van der Waals surface area contributed by atoms with E-state index in [0.29, 0.717) is 5.56 Å². The maximum Gasteiger partial charge on any atom is 0.412 e. The summed E-state index contributed by atoms with van der Waals surface area (Å²) >= 11 is 0. The van der Waals surface area contributed by atoms with Crippen LogP contribution in [0.3, 0.4) is 0 Å². The molecule has 0 unspecified atom stereocenters. The molecule has 1 rings (SSSR count). The van der Waals surface area contributed by atoms with E-state index in [4.69, 9.17) is 0 Å². The van der Waals surface area contributed by atoms with Crippen LogP contribution in [0.5, 0.6) is 0 Å². The highest BCUT2D eigenvalue weighted by molar-refractivity contribution is 7.62. The maximum atomic E-state index is 12.2. The fraction of sp³-hybridized carbons (Fsp3) is 0.455. The summed E-state index contributed by atoms with van der Waals surface area (Å²) in [4.78, 5) is 0. The largest absolute Gasteiger partial charge is 0.412 e. The minimum atomic E-state index is -4.85. The van der Waals surface area contributed by atoms with Gasteiger partial charge in [0.1, 0.15) is 0 Å². The minimum Gasteiger partial charge on any atom is -0.296 e. The van der Waals surface area contributed by atoms with Gasteiger partial charge in [-0.15, -0.1) is 0 Å². The highest BCUT2D eigenvalue weighted by Gasteiger charge is 2.39. The molecule has 120 valence electrons. The van der Waals surface area contributed by atoms with Crippen LogP contribution in [0.1, 0.15) is 5.56 Å². The monoisotopic (exact) mass is 336 g/mol. The van der Waals surface area contributed by atoms with Gasteiger partial charge >= 0.3 is 19.9 Å². The molecule has 0 saturated heterocycles. The van der Waals surface area contributed by atoms with Crippen LogP contribution in [0.2, 0.25) is 0 Å². The second kappa shape index (κ2) is 6.37. The van der Waals surface area contributed by atoms with E-state index in [1.165, 1.54) is 12.1 Å². The molecule has 10 heteroatoms. The summed E-state index contributed by atoms with van der Waals surface area (Å²) < 4.78 is 93.1. The number of alkyl halides is 6. The van der Waals surface area contributed by atoms with Gasteiger partial charge in [0.2, 0.25) is 0 Å².